The molecule has 0 aliphatic carbocycles. The number of hydrogen-bond donors (Lipinski definition) is 0. The molecule has 0 spiro atoms. The van der Waals surface area contributed by atoms with Crippen molar-refractivity contribution in [2.45, 2.75) is 26.1 Å². The van der Waals surface area contributed by atoms with Crippen molar-refractivity contribution in [3.05, 3.63) is 113 Å². The van der Waals surface area contributed by atoms with Gasteiger partial charge in [-0.25, -0.2) is 13.2 Å². The van der Waals surface area contributed by atoms with Crippen LogP contribution in [0.2, 0.25) is 0 Å². The predicted molar refractivity (Wildman–Crippen MR) is 126 cm³/mol. The summed E-state index contributed by atoms with van der Waals surface area (Å²) in [6.07, 6.45) is 0.866. The SMILES string of the molecule is CCc1ccc(-c2ccc(-c3ccc(COc4ccc(C5CO5)cc4F)cc3)c(F)c2F)cc1. The van der Waals surface area contributed by atoms with Crippen molar-refractivity contribution in [1.29, 1.82) is 0 Å². The van der Waals surface area contributed by atoms with E-state index in [2.05, 4.69) is 0 Å². The molecule has 0 saturated carbocycles. The molecule has 0 aromatic heterocycles. The number of hydrogen-bond acceptors (Lipinski definition) is 2. The largest absolute Gasteiger partial charge is 0.486 e. The van der Waals surface area contributed by atoms with Gasteiger partial charge in [0.2, 0.25) is 0 Å². The maximum Gasteiger partial charge on any atom is 0.167 e. The molecule has 1 saturated heterocycles. The van der Waals surface area contributed by atoms with Crippen molar-refractivity contribution in [3.8, 4) is 28.0 Å². The molecule has 5 heteroatoms. The lowest BCUT2D eigenvalue weighted by Gasteiger charge is -2.11. The van der Waals surface area contributed by atoms with E-state index < -0.39 is 17.5 Å². The molecule has 4 aromatic rings. The maximum absolute atomic E-state index is 14.9. The van der Waals surface area contributed by atoms with Crippen molar-refractivity contribution in [2.24, 2.45) is 0 Å². The van der Waals surface area contributed by atoms with E-state index in [0.717, 1.165) is 23.1 Å². The molecule has 0 N–H and O–H groups in total. The number of epoxide rings is 1. The van der Waals surface area contributed by atoms with E-state index in [1.54, 1.807) is 60.7 Å². The third-order valence-electron chi connectivity index (χ3n) is 6.08. The second-order valence-corrected chi connectivity index (χ2v) is 8.34. The van der Waals surface area contributed by atoms with E-state index in [4.69, 9.17) is 9.47 Å². The van der Waals surface area contributed by atoms with Crippen molar-refractivity contribution in [2.75, 3.05) is 6.61 Å². The number of rotatable bonds is 7. The van der Waals surface area contributed by atoms with Crippen LogP contribution in [0.5, 0.6) is 5.75 Å². The molecule has 5 rings (SSSR count). The van der Waals surface area contributed by atoms with Crippen LogP contribution < -0.4 is 4.74 Å². The summed E-state index contributed by atoms with van der Waals surface area (Å²) >= 11 is 0. The Labute approximate surface area is 196 Å². The minimum atomic E-state index is -0.886. The van der Waals surface area contributed by atoms with Crippen molar-refractivity contribution in [1.82, 2.24) is 0 Å². The summed E-state index contributed by atoms with van der Waals surface area (Å²) in [6.45, 7) is 2.81. The van der Waals surface area contributed by atoms with Gasteiger partial charge in [-0.3, -0.25) is 0 Å². The number of aryl methyl sites for hydroxylation is 1. The zero-order chi connectivity index (χ0) is 23.7. The summed E-state index contributed by atoms with van der Waals surface area (Å²) in [6, 6.07) is 22.4. The van der Waals surface area contributed by atoms with E-state index in [1.165, 1.54) is 6.07 Å². The van der Waals surface area contributed by atoms with Gasteiger partial charge in [-0.05, 0) is 46.4 Å². The number of halogens is 3. The minimum Gasteiger partial charge on any atom is -0.486 e. The van der Waals surface area contributed by atoms with Crippen LogP contribution in [0.1, 0.15) is 29.7 Å². The number of ether oxygens (including phenoxy) is 2. The Morgan fingerprint density at radius 2 is 1.32 bits per heavy atom. The van der Waals surface area contributed by atoms with Gasteiger partial charge in [0, 0.05) is 11.1 Å². The maximum atomic E-state index is 14.9. The molecule has 1 aliphatic heterocycles. The molecular weight excluding hydrogens is 437 g/mol. The highest BCUT2D eigenvalue weighted by Gasteiger charge is 2.25. The second kappa shape index (κ2) is 9.35. The molecule has 4 aromatic carbocycles. The van der Waals surface area contributed by atoms with Gasteiger partial charge in [0.05, 0.1) is 6.61 Å². The Kier molecular flexibility index (Phi) is 6.12. The molecule has 0 bridgehead atoms. The molecule has 1 fully saturated rings. The highest BCUT2D eigenvalue weighted by molar-refractivity contribution is 5.72. The zero-order valence-corrected chi connectivity index (χ0v) is 18.7. The summed E-state index contributed by atoms with van der Waals surface area (Å²) in [5.74, 6) is -2.04. The van der Waals surface area contributed by atoms with Gasteiger partial charge in [0.25, 0.3) is 0 Å². The van der Waals surface area contributed by atoms with Crippen LogP contribution in [-0.2, 0) is 17.8 Å². The quantitative estimate of drug-likeness (QED) is 0.264. The van der Waals surface area contributed by atoms with E-state index >= 15 is 0 Å². The summed E-state index contributed by atoms with van der Waals surface area (Å²) in [4.78, 5) is 0. The van der Waals surface area contributed by atoms with Crippen LogP contribution in [0.3, 0.4) is 0 Å². The third-order valence-corrected chi connectivity index (χ3v) is 6.08. The van der Waals surface area contributed by atoms with Gasteiger partial charge in [-0.15, -0.1) is 0 Å². The molecule has 1 atom stereocenters. The van der Waals surface area contributed by atoms with Crippen LogP contribution in [0.15, 0.2) is 78.9 Å². The molecule has 1 heterocycles. The molecule has 2 nitrogen and oxygen atoms in total. The molecular formula is C29H23F3O2. The summed E-state index contributed by atoms with van der Waals surface area (Å²) < 4.78 is 54.8. The Morgan fingerprint density at radius 1 is 0.765 bits per heavy atom. The zero-order valence-electron chi connectivity index (χ0n) is 18.7. The fourth-order valence-corrected chi connectivity index (χ4v) is 3.93. The van der Waals surface area contributed by atoms with Gasteiger partial charge >= 0.3 is 0 Å². The third kappa shape index (κ3) is 4.57. The first-order chi connectivity index (χ1) is 16.5. The lowest BCUT2D eigenvalue weighted by molar-refractivity contribution is 0.290. The first kappa shape index (κ1) is 22.2. The van der Waals surface area contributed by atoms with Gasteiger partial charge in [-0.1, -0.05) is 73.7 Å². The average molecular weight is 460 g/mol. The van der Waals surface area contributed by atoms with Crippen molar-refractivity contribution in [3.63, 3.8) is 0 Å². The monoisotopic (exact) mass is 460 g/mol. The Bertz CT molecular complexity index is 1310. The van der Waals surface area contributed by atoms with Crippen LogP contribution in [0, 0.1) is 17.5 Å². The Hall–Kier alpha value is -3.57. The summed E-state index contributed by atoms with van der Waals surface area (Å²) in [5.41, 5.74) is 4.32. The molecule has 34 heavy (non-hydrogen) atoms. The molecule has 1 unspecified atom stereocenters. The smallest absolute Gasteiger partial charge is 0.167 e. The van der Waals surface area contributed by atoms with E-state index in [1.807, 2.05) is 19.1 Å². The van der Waals surface area contributed by atoms with Crippen LogP contribution in [0.4, 0.5) is 13.2 Å². The van der Waals surface area contributed by atoms with Gasteiger partial charge in [0.1, 0.15) is 12.7 Å². The van der Waals surface area contributed by atoms with Gasteiger partial charge < -0.3 is 9.47 Å². The predicted octanol–water partition coefficient (Wildman–Crippen LogP) is 7.65. The normalized spacial score (nSPS) is 14.8. The lowest BCUT2D eigenvalue weighted by atomic mass is 9.97. The number of benzene rings is 4. The van der Waals surface area contributed by atoms with Crippen molar-refractivity contribution < 1.29 is 22.6 Å². The van der Waals surface area contributed by atoms with Crippen LogP contribution >= 0.6 is 0 Å². The standard InChI is InChI=1S/C29H23F3O2/c1-2-18-3-7-20(8-4-18)23-12-13-24(29(32)28(23)31)21-9-5-19(6-10-21)16-33-26-14-11-22(15-25(26)30)27-17-34-27/h3-15,27H,2,16-17H2,1H3. The topological polar surface area (TPSA) is 21.8 Å². The van der Waals surface area contributed by atoms with E-state index in [0.29, 0.717) is 17.7 Å². The Balaban J connectivity index is 1.30. The van der Waals surface area contributed by atoms with Crippen molar-refractivity contribution >= 4 is 0 Å². The van der Waals surface area contributed by atoms with Crippen LogP contribution in [-0.4, -0.2) is 6.61 Å². The minimum absolute atomic E-state index is 0.0167. The Morgan fingerprint density at radius 3 is 1.82 bits per heavy atom. The van der Waals surface area contributed by atoms with E-state index in [9.17, 15) is 13.2 Å². The summed E-state index contributed by atoms with van der Waals surface area (Å²) in [5, 5.41) is 0. The highest BCUT2D eigenvalue weighted by atomic mass is 19.2. The highest BCUT2D eigenvalue weighted by Crippen LogP contribution is 2.33. The summed E-state index contributed by atoms with van der Waals surface area (Å²) in [7, 11) is 0. The average Bonchev–Trinajstić information content (AvgIpc) is 3.71. The first-order valence-corrected chi connectivity index (χ1v) is 11.2. The van der Waals surface area contributed by atoms with Gasteiger partial charge in [-0.2, -0.15) is 0 Å². The fourth-order valence-electron chi connectivity index (χ4n) is 3.93. The van der Waals surface area contributed by atoms with Gasteiger partial charge in [0.15, 0.2) is 23.2 Å². The van der Waals surface area contributed by atoms with E-state index in [-0.39, 0.29) is 29.6 Å². The molecule has 1 aliphatic rings. The molecule has 172 valence electrons. The second-order valence-electron chi connectivity index (χ2n) is 8.34. The first-order valence-electron chi connectivity index (χ1n) is 11.2. The fraction of sp³-hybridized carbons (Fsp3) is 0.172. The lowest BCUT2D eigenvalue weighted by Crippen LogP contribution is -1.98. The molecule has 0 radical (unpaired) electrons. The van der Waals surface area contributed by atoms with Crippen LogP contribution in [0.25, 0.3) is 22.3 Å². The molecule has 0 amide bonds.